The Kier molecular flexibility index (Phi) is 7.02. The molecule has 0 saturated carbocycles. The van der Waals surface area contributed by atoms with Crippen molar-refractivity contribution in [3.63, 3.8) is 0 Å². The van der Waals surface area contributed by atoms with Gasteiger partial charge in [-0.3, -0.25) is 0 Å². The molecule has 19 heavy (non-hydrogen) atoms. The van der Waals surface area contributed by atoms with E-state index in [-0.39, 0.29) is 48.7 Å². The van der Waals surface area contributed by atoms with Gasteiger partial charge in [0.25, 0.3) is 0 Å². The van der Waals surface area contributed by atoms with E-state index in [0.717, 1.165) is 6.42 Å². The molecule has 0 N–H and O–H groups in total. The van der Waals surface area contributed by atoms with Gasteiger partial charge in [-0.2, -0.15) is 0 Å². The van der Waals surface area contributed by atoms with Crippen LogP contribution in [0, 0.1) is 50.2 Å². The molecule has 4 unspecified atom stereocenters. The van der Waals surface area contributed by atoms with Crippen molar-refractivity contribution < 1.29 is 44.9 Å². The zero-order valence-corrected chi connectivity index (χ0v) is 16.6. The maximum absolute atomic E-state index is 6.71. The number of hydrogen-bond acceptors (Lipinski definition) is 3. The van der Waals surface area contributed by atoms with Crippen LogP contribution in [0.2, 0.25) is 0 Å². The van der Waals surface area contributed by atoms with E-state index in [1.165, 1.54) is 5.57 Å². The Hall–Kier alpha value is 0.592. The van der Waals surface area contributed by atoms with E-state index in [1.807, 2.05) is 13.3 Å². The summed E-state index contributed by atoms with van der Waals surface area (Å²) in [5.41, 5.74) is 1.02. The number of fused-ring (bicyclic) bond motifs is 2. The molecule has 0 aromatic carbocycles. The Morgan fingerprint density at radius 1 is 1.63 bits per heavy atom. The van der Waals surface area contributed by atoms with Crippen LogP contribution < -0.4 is 0 Å². The number of rotatable bonds is 6. The summed E-state index contributed by atoms with van der Waals surface area (Å²) < 4.78 is 17.3. The smallest absolute Gasteiger partial charge is 0.238 e. The van der Waals surface area contributed by atoms with Gasteiger partial charge in [0.15, 0.2) is 8.38 Å². The van der Waals surface area contributed by atoms with E-state index in [9.17, 15) is 0 Å². The molecule has 4 nitrogen and oxygen atoms in total. The molecule has 2 aliphatic rings. The fourth-order valence-electron chi connectivity index (χ4n) is 2.53. The molecule has 1 aliphatic carbocycles. The summed E-state index contributed by atoms with van der Waals surface area (Å²) in [6.07, 6.45) is 3.12. The molecular weight excluding hydrogens is 487 g/mol. The molecule has 1 fully saturated rings. The summed E-state index contributed by atoms with van der Waals surface area (Å²) >= 11 is 0. The first-order valence-corrected chi connectivity index (χ1v) is 7.82. The van der Waals surface area contributed by atoms with Crippen LogP contribution in [0.1, 0.15) is 20.3 Å². The maximum atomic E-state index is 6.71. The van der Waals surface area contributed by atoms with Crippen molar-refractivity contribution in [2.24, 2.45) is 5.92 Å². The Labute approximate surface area is 140 Å². The van der Waals surface area contributed by atoms with Crippen molar-refractivity contribution in [1.29, 1.82) is 0 Å². The molecule has 0 aromatic rings. The van der Waals surface area contributed by atoms with Crippen LogP contribution in [0.15, 0.2) is 11.6 Å². The molecule has 0 aromatic heterocycles. The molecule has 4 atom stereocenters. The van der Waals surface area contributed by atoms with E-state index in [2.05, 4.69) is 24.8 Å². The largest absolute Gasteiger partial charge is 0.542 e. The summed E-state index contributed by atoms with van der Waals surface area (Å²) in [5.74, 6) is 0.249. The minimum Gasteiger partial charge on any atom is -0.542 e. The fourth-order valence-corrected chi connectivity index (χ4v) is 3.56. The van der Waals surface area contributed by atoms with Crippen LogP contribution >= 0.6 is 8.38 Å². The summed E-state index contributed by atoms with van der Waals surface area (Å²) in [7, 11) is -0.950. The average Bonchev–Trinajstić information content (AvgIpc) is 2.81. The van der Waals surface area contributed by atoms with Gasteiger partial charge in [-0.1, -0.05) is 24.5 Å². The molecule has 1 aliphatic heterocycles. The monoisotopic (exact) mass is 506 g/mol. The maximum Gasteiger partial charge on any atom is 0.238 e. The predicted octanol–water partition coefficient (Wildman–Crippen LogP) is 3.17. The third-order valence-electron chi connectivity index (χ3n) is 3.53. The summed E-state index contributed by atoms with van der Waals surface area (Å²) in [6.45, 7) is 15.6. The minimum absolute atomic E-state index is 0. The van der Waals surface area contributed by atoms with Crippen LogP contribution in [0.25, 0.3) is 4.85 Å². The first-order valence-electron chi connectivity index (χ1n) is 6.20. The number of hydrogen-bond donors (Lipinski definition) is 0. The zero-order chi connectivity index (χ0) is 13.2. The van der Waals surface area contributed by atoms with Gasteiger partial charge in [0.05, 0.1) is 11.7 Å². The fraction of sp³-hybridized carbons (Fsp3) is 0.692. The van der Waals surface area contributed by atoms with E-state index in [0.29, 0.717) is 13.2 Å². The average molecular weight is 506 g/mol. The Morgan fingerprint density at radius 2 is 2.37 bits per heavy atom. The van der Waals surface area contributed by atoms with Gasteiger partial charge in [0, 0.05) is 37.8 Å². The molecule has 1 heterocycles. The summed E-state index contributed by atoms with van der Waals surface area (Å²) in [5, 5.41) is 0. The van der Waals surface area contributed by atoms with Crippen LogP contribution in [-0.4, -0.2) is 31.5 Å². The minimum atomic E-state index is -0.950. The second kappa shape index (κ2) is 7.56. The SMILES string of the molecule is [C-]#[N+]CCOP(C)OC1C2[CH-]OC1(CC)C=C2C.[U]. The van der Waals surface area contributed by atoms with Crippen molar-refractivity contribution in [1.82, 2.24) is 0 Å². The van der Waals surface area contributed by atoms with Crippen LogP contribution in [0.5, 0.6) is 0 Å². The summed E-state index contributed by atoms with van der Waals surface area (Å²) in [4.78, 5) is 3.26. The van der Waals surface area contributed by atoms with Crippen molar-refractivity contribution in [2.75, 3.05) is 19.8 Å². The van der Waals surface area contributed by atoms with Crippen molar-refractivity contribution in [2.45, 2.75) is 32.0 Å². The van der Waals surface area contributed by atoms with Gasteiger partial charge >= 0.3 is 0 Å². The van der Waals surface area contributed by atoms with E-state index < -0.39 is 8.38 Å². The topological polar surface area (TPSA) is 32.0 Å². The second-order valence-electron chi connectivity index (χ2n) is 4.66. The molecule has 0 amide bonds. The first kappa shape index (κ1) is 17.6. The first-order chi connectivity index (χ1) is 8.63. The van der Waals surface area contributed by atoms with Crippen molar-refractivity contribution in [3.05, 3.63) is 29.7 Å². The van der Waals surface area contributed by atoms with Crippen LogP contribution in [0.3, 0.4) is 0 Å². The van der Waals surface area contributed by atoms with Gasteiger partial charge in [0.1, 0.15) is 6.61 Å². The van der Waals surface area contributed by atoms with Crippen LogP contribution in [0.4, 0.5) is 0 Å². The third-order valence-corrected chi connectivity index (χ3v) is 4.60. The number of nitrogens with zero attached hydrogens (tertiary/aromatic N) is 1. The second-order valence-corrected chi connectivity index (χ2v) is 6.01. The Morgan fingerprint density at radius 3 is 2.95 bits per heavy atom. The van der Waals surface area contributed by atoms with Gasteiger partial charge in [-0.25, -0.2) is 13.2 Å². The molecule has 0 radical (unpaired) electrons. The van der Waals surface area contributed by atoms with Crippen molar-refractivity contribution >= 4 is 8.38 Å². The van der Waals surface area contributed by atoms with Crippen molar-refractivity contribution in [3.8, 4) is 0 Å². The molecule has 2 rings (SSSR count). The quantitative estimate of drug-likeness (QED) is 0.240. The predicted molar refractivity (Wildman–Crippen MR) is 70.8 cm³/mol. The molecule has 6 heteroatoms. The Bertz CT molecular complexity index is 385. The number of ether oxygens (including phenoxy) is 1. The summed E-state index contributed by atoms with van der Waals surface area (Å²) in [6, 6.07) is 0. The zero-order valence-electron chi connectivity index (χ0n) is 11.5. The van der Waals surface area contributed by atoms with E-state index in [4.69, 9.17) is 20.4 Å². The van der Waals surface area contributed by atoms with Gasteiger partial charge < -0.3 is 18.6 Å². The van der Waals surface area contributed by atoms with E-state index >= 15 is 0 Å². The standard InChI is InChI=1S/C13H19NO3P.U/c1-5-13-8-10(2)11(9-15-13)12(13)17-18(4)16-7-6-14-3;/h8-9,11-12H,5-7H2,1-2,4H3;/q-1;. The van der Waals surface area contributed by atoms with E-state index in [1.54, 1.807) is 0 Å². The molecule has 0 spiro atoms. The molecular formula is C13H19NO3PU-. The molecule has 2 bridgehead atoms. The van der Waals surface area contributed by atoms with Gasteiger partial charge in [-0.15, -0.1) is 0 Å². The van der Waals surface area contributed by atoms with Gasteiger partial charge in [-0.05, 0) is 13.3 Å². The van der Waals surface area contributed by atoms with Crippen LogP contribution in [-0.2, 0) is 13.8 Å². The molecule has 1 saturated heterocycles. The Balaban J connectivity index is 0.00000180. The van der Waals surface area contributed by atoms with Gasteiger partial charge in [0.2, 0.25) is 6.54 Å². The normalized spacial score (nSPS) is 33.5. The molecule has 104 valence electrons. The third kappa shape index (κ3) is 3.62.